The van der Waals surface area contributed by atoms with Crippen LogP contribution in [-0.2, 0) is 11.3 Å². The first-order valence-corrected chi connectivity index (χ1v) is 7.38. The lowest BCUT2D eigenvalue weighted by atomic mass is 9.96. The van der Waals surface area contributed by atoms with Crippen LogP contribution in [0.5, 0.6) is 0 Å². The maximum Gasteiger partial charge on any atom is 0.405 e. The second kappa shape index (κ2) is 7.28. The highest BCUT2D eigenvalue weighted by atomic mass is 35.5. The van der Waals surface area contributed by atoms with Crippen LogP contribution in [0.2, 0.25) is 5.02 Å². The third kappa shape index (κ3) is 5.14. The summed E-state index contributed by atoms with van der Waals surface area (Å²) in [6.07, 6.45) is 0.179. The number of halogens is 4. The molecule has 2 heterocycles. The van der Waals surface area contributed by atoms with E-state index in [-0.39, 0.29) is 0 Å². The van der Waals surface area contributed by atoms with E-state index in [9.17, 15) is 18.0 Å². The Kier molecular flexibility index (Phi) is 5.63. The predicted octanol–water partition coefficient (Wildman–Crippen LogP) is 2.63. The molecule has 0 saturated carbocycles. The van der Waals surface area contributed by atoms with Gasteiger partial charge in [-0.05, 0) is 31.0 Å². The molecule has 1 amide bonds. The van der Waals surface area contributed by atoms with Crippen LogP contribution in [0.1, 0.15) is 18.4 Å². The Morgan fingerprint density at radius 2 is 2.27 bits per heavy atom. The monoisotopic (exact) mass is 335 g/mol. The lowest BCUT2D eigenvalue weighted by Crippen LogP contribution is -2.44. The number of aromatic nitrogens is 1. The molecule has 1 N–H and O–H groups in total. The summed E-state index contributed by atoms with van der Waals surface area (Å²) in [6.45, 7) is 0.507. The smallest absolute Gasteiger partial charge is 0.347 e. The van der Waals surface area contributed by atoms with Gasteiger partial charge in [0.1, 0.15) is 6.54 Å². The van der Waals surface area contributed by atoms with Crippen molar-refractivity contribution in [2.45, 2.75) is 25.6 Å². The lowest BCUT2D eigenvalue weighted by Gasteiger charge is -2.32. The Bertz CT molecular complexity index is 524. The van der Waals surface area contributed by atoms with E-state index in [4.69, 9.17) is 11.6 Å². The first kappa shape index (κ1) is 17.0. The maximum atomic E-state index is 12.1. The van der Waals surface area contributed by atoms with Crippen molar-refractivity contribution in [2.24, 2.45) is 5.92 Å². The van der Waals surface area contributed by atoms with Gasteiger partial charge >= 0.3 is 6.18 Å². The Labute approximate surface area is 131 Å². The largest absolute Gasteiger partial charge is 0.405 e. The van der Waals surface area contributed by atoms with E-state index in [2.05, 4.69) is 4.98 Å². The standard InChI is InChI=1S/C14H17ClF3N3O/c15-12-6-19-4-3-10(12)7-21-5-1-2-11(8-21)13(22)20-9-14(16,17)18/h3-4,6,11H,1-2,5,7-9H2,(H,20,22)/t11-/m0/s1. The molecule has 1 aromatic heterocycles. The van der Waals surface area contributed by atoms with Crippen molar-refractivity contribution >= 4 is 17.5 Å². The van der Waals surface area contributed by atoms with Crippen molar-refractivity contribution in [1.29, 1.82) is 0 Å². The zero-order chi connectivity index (χ0) is 16.2. The van der Waals surface area contributed by atoms with E-state index in [1.54, 1.807) is 18.5 Å². The molecule has 1 saturated heterocycles. The van der Waals surface area contributed by atoms with E-state index in [1.807, 2.05) is 10.2 Å². The highest BCUT2D eigenvalue weighted by Crippen LogP contribution is 2.22. The molecule has 4 nitrogen and oxygen atoms in total. The summed E-state index contributed by atoms with van der Waals surface area (Å²) in [5.74, 6) is -0.959. The minimum Gasteiger partial charge on any atom is -0.347 e. The van der Waals surface area contributed by atoms with Crippen LogP contribution in [0.15, 0.2) is 18.5 Å². The summed E-state index contributed by atoms with van der Waals surface area (Å²) in [6, 6.07) is 1.80. The minimum absolute atomic E-state index is 0.420. The van der Waals surface area contributed by atoms with Crippen LogP contribution < -0.4 is 5.32 Å². The van der Waals surface area contributed by atoms with Crippen LogP contribution in [-0.4, -0.2) is 41.6 Å². The van der Waals surface area contributed by atoms with Crippen molar-refractivity contribution in [3.63, 3.8) is 0 Å². The lowest BCUT2D eigenvalue weighted by molar-refractivity contribution is -0.141. The quantitative estimate of drug-likeness (QED) is 0.920. The number of piperidine rings is 1. The molecule has 1 fully saturated rings. The zero-order valence-corrected chi connectivity index (χ0v) is 12.6. The third-order valence-corrected chi connectivity index (χ3v) is 3.93. The summed E-state index contributed by atoms with van der Waals surface area (Å²) in [5, 5.41) is 2.51. The van der Waals surface area contributed by atoms with Gasteiger partial charge < -0.3 is 5.32 Å². The molecule has 0 aromatic carbocycles. The van der Waals surface area contributed by atoms with Crippen molar-refractivity contribution in [1.82, 2.24) is 15.2 Å². The van der Waals surface area contributed by atoms with Crippen LogP contribution >= 0.6 is 11.6 Å². The molecule has 2 rings (SSSR count). The fraction of sp³-hybridized carbons (Fsp3) is 0.571. The Morgan fingerprint density at radius 3 is 2.95 bits per heavy atom. The fourth-order valence-corrected chi connectivity index (χ4v) is 2.70. The van der Waals surface area contributed by atoms with Crippen molar-refractivity contribution in [3.05, 3.63) is 29.0 Å². The highest BCUT2D eigenvalue weighted by Gasteiger charge is 2.31. The SMILES string of the molecule is O=C(NCC(F)(F)F)[C@H]1CCCN(Cc2ccncc2Cl)C1. The van der Waals surface area contributed by atoms with Gasteiger partial charge in [0.2, 0.25) is 5.91 Å². The minimum atomic E-state index is -4.38. The first-order chi connectivity index (χ1) is 10.3. The van der Waals surface area contributed by atoms with Crippen molar-refractivity contribution < 1.29 is 18.0 Å². The summed E-state index contributed by atoms with van der Waals surface area (Å²) in [7, 11) is 0. The van der Waals surface area contributed by atoms with Crippen LogP contribution in [0.3, 0.4) is 0 Å². The van der Waals surface area contributed by atoms with Gasteiger partial charge in [-0.1, -0.05) is 11.6 Å². The molecule has 122 valence electrons. The van der Waals surface area contributed by atoms with Gasteiger partial charge in [0, 0.05) is 25.5 Å². The van der Waals surface area contributed by atoms with Crippen LogP contribution in [0.25, 0.3) is 0 Å². The van der Waals surface area contributed by atoms with E-state index in [1.165, 1.54) is 0 Å². The fourth-order valence-electron chi connectivity index (χ4n) is 2.52. The van der Waals surface area contributed by atoms with Gasteiger partial charge in [-0.2, -0.15) is 13.2 Å². The molecule has 22 heavy (non-hydrogen) atoms. The number of carbonyl (C=O) groups is 1. The molecule has 0 unspecified atom stereocenters. The number of nitrogens with zero attached hydrogens (tertiary/aromatic N) is 2. The van der Waals surface area contributed by atoms with Crippen molar-refractivity contribution in [3.8, 4) is 0 Å². The molecule has 0 radical (unpaired) electrons. The number of likely N-dealkylation sites (tertiary alicyclic amines) is 1. The number of alkyl halides is 3. The molecule has 1 aliphatic rings. The molecule has 0 spiro atoms. The molecule has 1 aliphatic heterocycles. The Morgan fingerprint density at radius 1 is 1.50 bits per heavy atom. The molecule has 1 atom stereocenters. The maximum absolute atomic E-state index is 12.1. The molecule has 1 aromatic rings. The summed E-state index contributed by atoms with van der Waals surface area (Å²) in [4.78, 5) is 17.8. The number of amides is 1. The number of hydrogen-bond donors (Lipinski definition) is 1. The number of carbonyl (C=O) groups excluding carboxylic acids is 1. The van der Waals surface area contributed by atoms with Crippen LogP contribution in [0, 0.1) is 5.92 Å². The number of pyridine rings is 1. The number of hydrogen-bond acceptors (Lipinski definition) is 3. The summed E-state index contributed by atoms with van der Waals surface area (Å²) in [5.41, 5.74) is 0.896. The topological polar surface area (TPSA) is 45.2 Å². The molecule has 8 heteroatoms. The van der Waals surface area contributed by atoms with E-state index in [0.717, 1.165) is 18.5 Å². The first-order valence-electron chi connectivity index (χ1n) is 7.00. The second-order valence-corrected chi connectivity index (χ2v) is 5.78. The van der Waals surface area contributed by atoms with E-state index >= 15 is 0 Å². The van der Waals surface area contributed by atoms with Gasteiger partial charge in [-0.3, -0.25) is 14.7 Å². The Hall–Kier alpha value is -1.34. The number of nitrogens with one attached hydrogen (secondary N) is 1. The highest BCUT2D eigenvalue weighted by molar-refractivity contribution is 6.31. The molecular weight excluding hydrogens is 319 g/mol. The van der Waals surface area contributed by atoms with Gasteiger partial charge in [-0.15, -0.1) is 0 Å². The van der Waals surface area contributed by atoms with Gasteiger partial charge in [0.25, 0.3) is 0 Å². The van der Waals surface area contributed by atoms with E-state index in [0.29, 0.717) is 24.5 Å². The molecule has 0 bridgehead atoms. The summed E-state index contributed by atoms with van der Waals surface area (Å²) >= 11 is 6.05. The average Bonchev–Trinajstić information content (AvgIpc) is 2.47. The van der Waals surface area contributed by atoms with Gasteiger partial charge in [0.05, 0.1) is 10.9 Å². The Balaban J connectivity index is 1.89. The average molecular weight is 336 g/mol. The van der Waals surface area contributed by atoms with Gasteiger partial charge in [0.15, 0.2) is 0 Å². The van der Waals surface area contributed by atoms with E-state index < -0.39 is 24.5 Å². The van der Waals surface area contributed by atoms with Crippen LogP contribution in [0.4, 0.5) is 13.2 Å². The molecule has 0 aliphatic carbocycles. The van der Waals surface area contributed by atoms with Crippen molar-refractivity contribution in [2.75, 3.05) is 19.6 Å². The van der Waals surface area contributed by atoms with Gasteiger partial charge in [-0.25, -0.2) is 0 Å². The second-order valence-electron chi connectivity index (χ2n) is 5.37. The third-order valence-electron chi connectivity index (χ3n) is 3.59. The predicted molar refractivity (Wildman–Crippen MR) is 76.3 cm³/mol. The number of rotatable bonds is 4. The zero-order valence-electron chi connectivity index (χ0n) is 11.9. The normalized spacial score (nSPS) is 19.9. The summed E-state index contributed by atoms with van der Waals surface area (Å²) < 4.78 is 36.4. The molecular formula is C14H17ClF3N3O.